The zero-order valence-electron chi connectivity index (χ0n) is 9.86. The van der Waals surface area contributed by atoms with Crippen LogP contribution in [0.3, 0.4) is 0 Å². The second-order valence-corrected chi connectivity index (χ2v) is 4.40. The van der Waals surface area contributed by atoms with Crippen LogP contribution in [0.5, 0.6) is 0 Å². The lowest BCUT2D eigenvalue weighted by molar-refractivity contribution is -0.198. The number of nitrogens with zero attached hydrogens (tertiary/aromatic N) is 1. The summed E-state index contributed by atoms with van der Waals surface area (Å²) in [5, 5.41) is 0.544. The van der Waals surface area contributed by atoms with Gasteiger partial charge >= 0.3 is 5.97 Å². The van der Waals surface area contributed by atoms with Crippen LogP contribution in [0.25, 0.3) is 0 Å². The molecule has 0 unspecified atom stereocenters. The van der Waals surface area contributed by atoms with Crippen LogP contribution < -0.4 is 10.1 Å². The molecule has 1 heterocycles. The second kappa shape index (κ2) is 7.45. The maximum Gasteiger partial charge on any atom is 0.350 e. The van der Waals surface area contributed by atoms with Crippen LogP contribution >= 0.6 is 16.1 Å². The van der Waals surface area contributed by atoms with Crippen LogP contribution in [0.4, 0.5) is 0 Å². The van der Waals surface area contributed by atoms with Gasteiger partial charge in [0.05, 0.1) is 0 Å². The number of rotatable bonds is 7. The van der Waals surface area contributed by atoms with Crippen LogP contribution in [-0.2, 0) is 19.2 Å². The summed E-state index contributed by atoms with van der Waals surface area (Å²) < 4.78 is 2.61. The Bertz CT molecular complexity index is 321. The molecule has 18 heavy (non-hydrogen) atoms. The van der Waals surface area contributed by atoms with Gasteiger partial charge in [0.2, 0.25) is 0 Å². The molecule has 1 aliphatic heterocycles. The molecule has 0 saturated carbocycles. The van der Waals surface area contributed by atoms with E-state index < -0.39 is 23.8 Å². The molecule has 1 saturated heterocycles. The van der Waals surface area contributed by atoms with E-state index in [-0.39, 0.29) is 12.8 Å². The number of halogens is 1. The summed E-state index contributed by atoms with van der Waals surface area (Å²) in [5.41, 5.74) is 5.35. The van der Waals surface area contributed by atoms with Gasteiger partial charge in [0.1, 0.15) is 6.04 Å². The van der Waals surface area contributed by atoms with Gasteiger partial charge in [-0.2, -0.15) is 0 Å². The Labute approximate surface area is 113 Å². The topological polar surface area (TPSA) is 102 Å². The van der Waals surface area contributed by atoms with Gasteiger partial charge in [-0.15, -0.1) is 5.06 Å². The first-order chi connectivity index (χ1) is 8.60. The molecule has 0 aromatic heterocycles. The fourth-order valence-corrected chi connectivity index (χ4v) is 1.94. The molecule has 102 valence electrons. The highest BCUT2D eigenvalue weighted by atomic mass is 79.9. The molecule has 8 heteroatoms. The number of unbranched alkanes of at least 4 members (excludes halogenated alkanes) is 1. The number of imide groups is 1. The Morgan fingerprint density at radius 1 is 1.39 bits per heavy atom. The van der Waals surface area contributed by atoms with Crippen LogP contribution in [-0.4, -0.2) is 35.4 Å². The van der Waals surface area contributed by atoms with Crippen molar-refractivity contribution >= 4 is 33.9 Å². The van der Waals surface area contributed by atoms with Gasteiger partial charge in [-0.25, -0.2) is 9.14 Å². The molecule has 2 amide bonds. The predicted octanol–water partition coefficient (Wildman–Crippen LogP) is -0.00930. The first kappa shape index (κ1) is 15.1. The third-order valence-corrected chi connectivity index (χ3v) is 3.10. The first-order valence-corrected chi connectivity index (χ1v) is 6.53. The van der Waals surface area contributed by atoms with Crippen LogP contribution in [0.1, 0.15) is 32.1 Å². The van der Waals surface area contributed by atoms with E-state index in [1.54, 1.807) is 0 Å². The van der Waals surface area contributed by atoms with Crippen molar-refractivity contribution in [3.8, 4) is 0 Å². The SMILES string of the molecule is NCCCC[C@H](NBr)C(=O)ON1C(=O)CCC1=O. The second-order valence-electron chi connectivity index (χ2n) is 3.94. The molecule has 0 radical (unpaired) electrons. The van der Waals surface area contributed by atoms with Crippen molar-refractivity contribution in [2.75, 3.05) is 6.54 Å². The molecule has 1 fully saturated rings. The number of nitrogens with one attached hydrogen (secondary N) is 1. The van der Waals surface area contributed by atoms with Crippen molar-refractivity contribution in [2.45, 2.75) is 38.1 Å². The fraction of sp³-hybridized carbons (Fsp3) is 0.700. The van der Waals surface area contributed by atoms with E-state index in [4.69, 9.17) is 10.6 Å². The van der Waals surface area contributed by atoms with Gasteiger partial charge in [0.15, 0.2) is 0 Å². The minimum Gasteiger partial charge on any atom is -0.330 e. The molecule has 0 bridgehead atoms. The number of carbonyl (C=O) groups is 3. The number of nitrogens with two attached hydrogens (primary N) is 1. The lowest BCUT2D eigenvalue weighted by atomic mass is 10.1. The molecular weight excluding hydrogens is 306 g/mol. The first-order valence-electron chi connectivity index (χ1n) is 5.74. The van der Waals surface area contributed by atoms with Crippen molar-refractivity contribution in [2.24, 2.45) is 5.73 Å². The predicted molar refractivity (Wildman–Crippen MR) is 65.9 cm³/mol. The molecule has 0 aliphatic carbocycles. The number of hydrogen-bond acceptors (Lipinski definition) is 6. The quantitative estimate of drug-likeness (QED) is 0.388. The van der Waals surface area contributed by atoms with Crippen molar-refractivity contribution in [3.05, 3.63) is 0 Å². The fourth-order valence-electron chi connectivity index (χ4n) is 1.52. The summed E-state index contributed by atoms with van der Waals surface area (Å²) in [4.78, 5) is 39.1. The van der Waals surface area contributed by atoms with E-state index in [0.717, 1.165) is 12.8 Å². The Morgan fingerprint density at radius 2 is 2.00 bits per heavy atom. The van der Waals surface area contributed by atoms with E-state index in [2.05, 4.69) is 20.5 Å². The molecule has 0 aromatic carbocycles. The molecule has 1 rings (SSSR count). The van der Waals surface area contributed by atoms with Gasteiger partial charge in [0, 0.05) is 29.0 Å². The third kappa shape index (κ3) is 4.04. The van der Waals surface area contributed by atoms with Gasteiger partial charge in [-0.05, 0) is 19.4 Å². The molecule has 0 aromatic rings. The Morgan fingerprint density at radius 3 is 2.50 bits per heavy atom. The Hall–Kier alpha value is -0.990. The van der Waals surface area contributed by atoms with E-state index in [9.17, 15) is 14.4 Å². The van der Waals surface area contributed by atoms with Crippen LogP contribution in [0.2, 0.25) is 0 Å². The third-order valence-electron chi connectivity index (χ3n) is 2.55. The normalized spacial score (nSPS) is 17.1. The van der Waals surface area contributed by atoms with Gasteiger partial charge in [0.25, 0.3) is 11.8 Å². The van der Waals surface area contributed by atoms with Gasteiger partial charge in [-0.3, -0.25) is 9.59 Å². The van der Waals surface area contributed by atoms with Crippen molar-refractivity contribution in [1.82, 2.24) is 9.41 Å². The van der Waals surface area contributed by atoms with Crippen LogP contribution in [0, 0.1) is 0 Å². The standard InChI is InChI=1S/C10H16BrN3O4/c11-13-7(3-1-2-6-12)10(17)18-14-8(15)4-5-9(14)16/h7,13H,1-6,12H2/t7-/m0/s1. The highest BCUT2D eigenvalue weighted by molar-refractivity contribution is 9.08. The molecule has 1 atom stereocenters. The highest BCUT2D eigenvalue weighted by Crippen LogP contribution is 2.14. The van der Waals surface area contributed by atoms with E-state index in [1.807, 2.05) is 0 Å². The molecule has 7 nitrogen and oxygen atoms in total. The summed E-state index contributed by atoms with van der Waals surface area (Å²) in [7, 11) is 0. The summed E-state index contributed by atoms with van der Waals surface area (Å²) in [6.45, 7) is 0.549. The van der Waals surface area contributed by atoms with Crippen LogP contribution in [0.15, 0.2) is 0 Å². The Kier molecular flexibility index (Phi) is 6.23. The lowest BCUT2D eigenvalue weighted by Crippen LogP contribution is -2.40. The van der Waals surface area contributed by atoms with E-state index in [0.29, 0.717) is 18.0 Å². The van der Waals surface area contributed by atoms with Gasteiger partial charge < -0.3 is 10.6 Å². The maximum absolute atomic E-state index is 11.7. The minimum absolute atomic E-state index is 0.0890. The molecule has 0 spiro atoms. The Balaban J connectivity index is 2.46. The molecular formula is C10H16BrN3O4. The average molecular weight is 322 g/mol. The summed E-state index contributed by atoms with van der Waals surface area (Å²) in [5.74, 6) is -1.63. The number of carbonyl (C=O) groups excluding carboxylic acids is 3. The van der Waals surface area contributed by atoms with E-state index in [1.165, 1.54) is 0 Å². The largest absolute Gasteiger partial charge is 0.350 e. The minimum atomic E-state index is -0.660. The van der Waals surface area contributed by atoms with Gasteiger partial charge in [-0.1, -0.05) is 6.42 Å². The number of amides is 2. The summed E-state index contributed by atoms with van der Waals surface area (Å²) in [6, 6.07) is -0.613. The smallest absolute Gasteiger partial charge is 0.330 e. The highest BCUT2D eigenvalue weighted by Gasteiger charge is 2.34. The summed E-state index contributed by atoms with van der Waals surface area (Å²) >= 11 is 2.98. The summed E-state index contributed by atoms with van der Waals surface area (Å²) in [6.07, 6.45) is 2.23. The average Bonchev–Trinajstić information content (AvgIpc) is 2.66. The maximum atomic E-state index is 11.7. The zero-order chi connectivity index (χ0) is 13.5. The lowest BCUT2D eigenvalue weighted by Gasteiger charge is -2.17. The zero-order valence-corrected chi connectivity index (χ0v) is 11.4. The van der Waals surface area contributed by atoms with E-state index >= 15 is 0 Å². The number of hydroxylamine groups is 2. The van der Waals surface area contributed by atoms with Crippen molar-refractivity contribution in [3.63, 3.8) is 0 Å². The molecule has 3 N–H and O–H groups in total. The van der Waals surface area contributed by atoms with Crippen molar-refractivity contribution < 1.29 is 19.2 Å². The monoisotopic (exact) mass is 321 g/mol. The van der Waals surface area contributed by atoms with Crippen molar-refractivity contribution in [1.29, 1.82) is 0 Å². The molecule has 1 aliphatic rings. The number of hydrogen-bond donors (Lipinski definition) is 2.